The maximum absolute atomic E-state index is 5.30. The first kappa shape index (κ1) is 12.1. The summed E-state index contributed by atoms with van der Waals surface area (Å²) in [6.07, 6.45) is 2.01. The van der Waals surface area contributed by atoms with Crippen LogP contribution in [0.1, 0.15) is 30.3 Å². The van der Waals surface area contributed by atoms with Gasteiger partial charge in [0.1, 0.15) is 0 Å². The molecule has 2 aromatic heterocycles. The van der Waals surface area contributed by atoms with Crippen LogP contribution in [0.15, 0.2) is 22.1 Å². The third-order valence-corrected chi connectivity index (χ3v) is 4.38. The average Bonchev–Trinajstić information content (AvgIpc) is 2.76. The second-order valence-corrected chi connectivity index (χ2v) is 6.90. The summed E-state index contributed by atoms with van der Waals surface area (Å²) in [5.74, 6) is 0.483. The molecule has 0 aliphatic rings. The Hall–Kier alpha value is -0.390. The van der Waals surface area contributed by atoms with E-state index in [1.807, 2.05) is 6.20 Å². The number of imidazole rings is 1. The molecule has 0 fully saturated rings. The van der Waals surface area contributed by atoms with E-state index in [2.05, 4.69) is 51.5 Å². The van der Waals surface area contributed by atoms with Gasteiger partial charge in [0.15, 0.2) is 4.77 Å². The largest absolute Gasteiger partial charge is 0.337 e. The zero-order valence-electron chi connectivity index (χ0n) is 9.16. The minimum absolute atomic E-state index is 0.483. The number of rotatable bonds is 3. The van der Waals surface area contributed by atoms with Crippen LogP contribution >= 0.6 is 39.5 Å². The molecule has 0 aliphatic heterocycles. The van der Waals surface area contributed by atoms with E-state index in [-0.39, 0.29) is 0 Å². The highest BCUT2D eigenvalue weighted by Gasteiger charge is 2.09. The van der Waals surface area contributed by atoms with Gasteiger partial charge in [-0.2, -0.15) is 0 Å². The lowest BCUT2D eigenvalue weighted by molar-refractivity contribution is 0.690. The van der Waals surface area contributed by atoms with E-state index < -0.39 is 0 Å². The molecule has 0 bridgehead atoms. The van der Waals surface area contributed by atoms with Gasteiger partial charge in [0.25, 0.3) is 0 Å². The molecule has 2 nitrogen and oxygen atoms in total. The Bertz CT molecular complexity index is 536. The van der Waals surface area contributed by atoms with Gasteiger partial charge in [-0.15, -0.1) is 11.3 Å². The van der Waals surface area contributed by atoms with Gasteiger partial charge in [-0.1, -0.05) is 13.8 Å². The lowest BCUT2D eigenvalue weighted by atomic mass is 10.1. The number of hydrogen-bond acceptors (Lipinski definition) is 2. The monoisotopic (exact) mass is 316 g/mol. The molecular weight excluding hydrogens is 304 g/mol. The highest BCUT2D eigenvalue weighted by molar-refractivity contribution is 9.11. The maximum Gasteiger partial charge on any atom is 0.177 e. The summed E-state index contributed by atoms with van der Waals surface area (Å²) in [7, 11) is 0. The van der Waals surface area contributed by atoms with Crippen LogP contribution in [0.4, 0.5) is 0 Å². The van der Waals surface area contributed by atoms with Crippen LogP contribution in [0.5, 0.6) is 0 Å². The van der Waals surface area contributed by atoms with E-state index in [1.54, 1.807) is 11.3 Å². The third kappa shape index (κ3) is 2.47. The van der Waals surface area contributed by atoms with Gasteiger partial charge in [0.2, 0.25) is 0 Å². The Morgan fingerprint density at radius 3 is 2.81 bits per heavy atom. The van der Waals surface area contributed by atoms with Gasteiger partial charge < -0.3 is 9.55 Å². The van der Waals surface area contributed by atoms with Gasteiger partial charge in [-0.25, -0.2) is 0 Å². The molecule has 2 aromatic rings. The number of aromatic amines is 1. The summed E-state index contributed by atoms with van der Waals surface area (Å²) < 4.78 is 4.13. The van der Waals surface area contributed by atoms with Crippen molar-refractivity contribution in [2.75, 3.05) is 0 Å². The quantitative estimate of drug-likeness (QED) is 0.824. The number of aromatic nitrogens is 2. The first-order chi connectivity index (χ1) is 7.58. The SMILES string of the molecule is CC(C)c1c[nH]c(=S)n1Cc1ccc(Br)s1. The summed E-state index contributed by atoms with van der Waals surface area (Å²) in [5, 5.41) is 0. The number of thiophene rings is 1. The van der Waals surface area contributed by atoms with E-state index in [4.69, 9.17) is 12.2 Å². The Morgan fingerprint density at radius 1 is 1.50 bits per heavy atom. The van der Waals surface area contributed by atoms with Crippen LogP contribution in [0.3, 0.4) is 0 Å². The molecular formula is C11H13BrN2S2. The van der Waals surface area contributed by atoms with Crippen molar-refractivity contribution in [3.8, 4) is 0 Å². The van der Waals surface area contributed by atoms with Crippen LogP contribution < -0.4 is 0 Å². The summed E-state index contributed by atoms with van der Waals surface area (Å²) in [4.78, 5) is 4.43. The standard InChI is InChI=1S/C11H13BrN2S2/c1-7(2)9-5-13-11(15)14(9)6-8-3-4-10(12)16-8/h3-5,7H,6H2,1-2H3,(H,13,15). The van der Waals surface area contributed by atoms with Gasteiger partial charge in [-0.05, 0) is 46.2 Å². The van der Waals surface area contributed by atoms with E-state index in [1.165, 1.54) is 10.6 Å². The summed E-state index contributed by atoms with van der Waals surface area (Å²) in [5.41, 5.74) is 1.26. The molecule has 2 rings (SSSR count). The van der Waals surface area contributed by atoms with Crippen molar-refractivity contribution in [3.63, 3.8) is 0 Å². The summed E-state index contributed by atoms with van der Waals surface area (Å²) in [6.45, 7) is 5.21. The van der Waals surface area contributed by atoms with Crippen molar-refractivity contribution in [1.82, 2.24) is 9.55 Å². The molecule has 0 saturated carbocycles. The normalized spacial score (nSPS) is 11.2. The van der Waals surface area contributed by atoms with E-state index in [0.29, 0.717) is 5.92 Å². The van der Waals surface area contributed by atoms with Crippen molar-refractivity contribution < 1.29 is 0 Å². The predicted octanol–water partition coefficient (Wildman–Crippen LogP) is 4.54. The number of halogens is 1. The first-order valence-electron chi connectivity index (χ1n) is 5.10. The van der Waals surface area contributed by atoms with E-state index in [0.717, 1.165) is 15.1 Å². The fourth-order valence-electron chi connectivity index (χ4n) is 1.64. The van der Waals surface area contributed by atoms with Crippen LogP contribution in [0, 0.1) is 4.77 Å². The average molecular weight is 317 g/mol. The van der Waals surface area contributed by atoms with Gasteiger partial charge in [0.05, 0.1) is 10.3 Å². The van der Waals surface area contributed by atoms with Gasteiger partial charge >= 0.3 is 0 Å². The minimum atomic E-state index is 0.483. The van der Waals surface area contributed by atoms with Gasteiger partial charge in [0, 0.05) is 16.8 Å². The Balaban J connectivity index is 2.33. The molecule has 16 heavy (non-hydrogen) atoms. The van der Waals surface area contributed by atoms with Crippen LogP contribution in [-0.4, -0.2) is 9.55 Å². The van der Waals surface area contributed by atoms with Gasteiger partial charge in [-0.3, -0.25) is 0 Å². The van der Waals surface area contributed by atoms with Crippen LogP contribution in [-0.2, 0) is 6.54 Å². The van der Waals surface area contributed by atoms with Crippen molar-refractivity contribution in [2.24, 2.45) is 0 Å². The molecule has 0 radical (unpaired) electrons. The number of H-pyrrole nitrogens is 1. The molecule has 0 aromatic carbocycles. The molecule has 0 saturated heterocycles. The van der Waals surface area contributed by atoms with Crippen LogP contribution in [0.25, 0.3) is 0 Å². The lowest BCUT2D eigenvalue weighted by Gasteiger charge is -2.09. The highest BCUT2D eigenvalue weighted by Crippen LogP contribution is 2.24. The van der Waals surface area contributed by atoms with Crippen molar-refractivity contribution >= 4 is 39.5 Å². The van der Waals surface area contributed by atoms with Crippen molar-refractivity contribution in [3.05, 3.63) is 37.5 Å². The molecule has 1 N–H and O–H groups in total. The topological polar surface area (TPSA) is 20.7 Å². The highest BCUT2D eigenvalue weighted by atomic mass is 79.9. The zero-order valence-corrected chi connectivity index (χ0v) is 12.4. The molecule has 0 aliphatic carbocycles. The number of nitrogens with zero attached hydrogens (tertiary/aromatic N) is 1. The maximum atomic E-state index is 5.30. The fraction of sp³-hybridized carbons (Fsp3) is 0.364. The van der Waals surface area contributed by atoms with E-state index in [9.17, 15) is 0 Å². The fourth-order valence-corrected chi connectivity index (χ4v) is 3.34. The molecule has 0 unspecified atom stereocenters. The summed E-state index contributed by atoms with van der Waals surface area (Å²) in [6, 6.07) is 4.21. The molecule has 5 heteroatoms. The van der Waals surface area contributed by atoms with E-state index >= 15 is 0 Å². The summed E-state index contributed by atoms with van der Waals surface area (Å²) >= 11 is 10.5. The smallest absolute Gasteiger partial charge is 0.177 e. The molecule has 86 valence electrons. The first-order valence-corrected chi connectivity index (χ1v) is 7.12. The van der Waals surface area contributed by atoms with Crippen molar-refractivity contribution in [1.29, 1.82) is 0 Å². The minimum Gasteiger partial charge on any atom is -0.337 e. The molecule has 0 spiro atoms. The Kier molecular flexibility index (Phi) is 3.66. The Labute approximate surface area is 112 Å². The second-order valence-electron chi connectivity index (χ2n) is 3.97. The predicted molar refractivity (Wildman–Crippen MR) is 74.8 cm³/mol. The zero-order chi connectivity index (χ0) is 11.7. The van der Waals surface area contributed by atoms with Crippen LogP contribution in [0.2, 0.25) is 0 Å². The second kappa shape index (κ2) is 4.85. The molecule has 2 heterocycles. The number of nitrogens with one attached hydrogen (secondary N) is 1. The molecule has 0 amide bonds. The Morgan fingerprint density at radius 2 is 2.25 bits per heavy atom. The third-order valence-electron chi connectivity index (χ3n) is 2.43. The lowest BCUT2D eigenvalue weighted by Crippen LogP contribution is -2.04. The van der Waals surface area contributed by atoms with Crippen molar-refractivity contribution in [2.45, 2.75) is 26.3 Å². The molecule has 0 atom stereocenters. The number of hydrogen-bond donors (Lipinski definition) is 1.